The lowest BCUT2D eigenvalue weighted by molar-refractivity contribution is -0.123. The summed E-state index contributed by atoms with van der Waals surface area (Å²) in [5.41, 5.74) is 8.04. The van der Waals surface area contributed by atoms with Crippen LogP contribution < -0.4 is 16.4 Å². The van der Waals surface area contributed by atoms with Crippen LogP contribution in [0, 0.1) is 11.8 Å². The molecule has 0 radical (unpaired) electrons. The number of benzene rings is 1. The summed E-state index contributed by atoms with van der Waals surface area (Å²) in [5.74, 6) is 1.42. The van der Waals surface area contributed by atoms with Gasteiger partial charge in [-0.1, -0.05) is 38.1 Å². The van der Waals surface area contributed by atoms with E-state index in [2.05, 4.69) is 63.5 Å². The third kappa shape index (κ3) is 7.78. The number of hydrogen-bond donors (Lipinski definition) is 3. The second-order valence-electron chi connectivity index (χ2n) is 9.84. The van der Waals surface area contributed by atoms with E-state index in [9.17, 15) is 4.79 Å². The molecule has 32 heavy (non-hydrogen) atoms. The van der Waals surface area contributed by atoms with Crippen molar-refractivity contribution < 1.29 is 4.79 Å². The van der Waals surface area contributed by atoms with Gasteiger partial charge in [0.05, 0.1) is 5.92 Å². The Labute approximate surface area is 193 Å². The third-order valence-corrected chi connectivity index (χ3v) is 6.54. The van der Waals surface area contributed by atoms with Crippen LogP contribution in [-0.4, -0.2) is 67.5 Å². The molecule has 0 aromatic heterocycles. The summed E-state index contributed by atoms with van der Waals surface area (Å²) in [6.07, 6.45) is 4.27. The molecule has 2 aliphatic rings. The number of likely N-dealkylation sites (tertiary alicyclic amines) is 2. The molecule has 4 N–H and O–H groups in total. The predicted octanol–water partition coefficient (Wildman–Crippen LogP) is 2.17. The van der Waals surface area contributed by atoms with Crippen LogP contribution in [0.4, 0.5) is 0 Å². The number of hydrogen-bond acceptors (Lipinski definition) is 4. The molecule has 1 amide bonds. The van der Waals surface area contributed by atoms with E-state index in [-0.39, 0.29) is 11.8 Å². The summed E-state index contributed by atoms with van der Waals surface area (Å²) in [5, 5.41) is 7.09. The number of primary amides is 1. The van der Waals surface area contributed by atoms with E-state index in [1.54, 1.807) is 0 Å². The van der Waals surface area contributed by atoms with E-state index < -0.39 is 0 Å². The van der Waals surface area contributed by atoms with Crippen molar-refractivity contribution in [2.45, 2.75) is 58.7 Å². The Kier molecular flexibility index (Phi) is 9.36. The van der Waals surface area contributed by atoms with Gasteiger partial charge in [0, 0.05) is 52.4 Å². The fourth-order valence-electron chi connectivity index (χ4n) is 4.88. The lowest BCUT2D eigenvalue weighted by Crippen LogP contribution is -2.49. The highest BCUT2D eigenvalue weighted by atomic mass is 16.1. The van der Waals surface area contributed by atoms with Crippen molar-refractivity contribution in [1.82, 2.24) is 20.4 Å². The van der Waals surface area contributed by atoms with Gasteiger partial charge in [-0.25, -0.2) is 0 Å². The highest BCUT2D eigenvalue weighted by Gasteiger charge is 2.24. The standard InChI is InChI=1S/C25H42N6O/c1-19(2)16-30-12-9-23(10-13-30)29-25(27-3)28-15-20-6-4-7-21(14-20)17-31-11-5-8-22(18-31)24(26)32/h4,6-7,14,19,22-23H,5,8-13,15-18H2,1-3H3,(H2,26,32)(H2,27,28,29). The molecule has 0 bridgehead atoms. The van der Waals surface area contributed by atoms with E-state index in [0.29, 0.717) is 6.04 Å². The van der Waals surface area contributed by atoms with Gasteiger partial charge in [0.25, 0.3) is 0 Å². The molecule has 1 aromatic rings. The minimum absolute atomic E-state index is 0.0137. The Hall–Kier alpha value is -2.12. The van der Waals surface area contributed by atoms with Crippen molar-refractivity contribution in [3.8, 4) is 0 Å². The number of aliphatic imine (C=N–C) groups is 1. The number of nitrogens with one attached hydrogen (secondary N) is 2. The van der Waals surface area contributed by atoms with Gasteiger partial charge in [-0.2, -0.15) is 0 Å². The molecule has 0 saturated carbocycles. The van der Waals surface area contributed by atoms with Gasteiger partial charge in [0.15, 0.2) is 5.96 Å². The fourth-order valence-corrected chi connectivity index (χ4v) is 4.88. The number of nitrogens with two attached hydrogens (primary N) is 1. The zero-order valence-corrected chi connectivity index (χ0v) is 20.1. The number of nitrogens with zero attached hydrogens (tertiary/aromatic N) is 3. The number of rotatable bonds is 8. The van der Waals surface area contributed by atoms with Crippen LogP contribution in [0.1, 0.15) is 50.7 Å². The smallest absolute Gasteiger partial charge is 0.221 e. The Morgan fingerprint density at radius 2 is 1.91 bits per heavy atom. The van der Waals surface area contributed by atoms with Crippen molar-refractivity contribution in [1.29, 1.82) is 0 Å². The minimum atomic E-state index is -0.169. The highest BCUT2D eigenvalue weighted by Crippen LogP contribution is 2.19. The quantitative estimate of drug-likeness (QED) is 0.424. The second kappa shape index (κ2) is 12.2. The van der Waals surface area contributed by atoms with Crippen LogP contribution in [-0.2, 0) is 17.9 Å². The maximum absolute atomic E-state index is 11.6. The van der Waals surface area contributed by atoms with Crippen LogP contribution in [0.25, 0.3) is 0 Å². The molecule has 7 heteroatoms. The van der Waals surface area contributed by atoms with Gasteiger partial charge in [0.1, 0.15) is 0 Å². The maximum atomic E-state index is 11.6. The maximum Gasteiger partial charge on any atom is 0.221 e. The zero-order chi connectivity index (χ0) is 22.9. The van der Waals surface area contributed by atoms with Gasteiger partial charge < -0.3 is 21.3 Å². The van der Waals surface area contributed by atoms with Crippen molar-refractivity contribution >= 4 is 11.9 Å². The molecule has 178 valence electrons. The molecule has 1 atom stereocenters. The first-order valence-corrected chi connectivity index (χ1v) is 12.2. The molecule has 0 aliphatic carbocycles. The molecular weight excluding hydrogens is 400 g/mol. The number of guanidine groups is 1. The number of carbonyl (C=O) groups is 1. The normalized spacial score (nSPS) is 21.6. The Morgan fingerprint density at radius 1 is 1.16 bits per heavy atom. The van der Waals surface area contributed by atoms with Crippen molar-refractivity contribution in [2.75, 3.05) is 39.8 Å². The lowest BCUT2D eigenvalue weighted by atomic mass is 9.97. The van der Waals surface area contributed by atoms with Crippen LogP contribution in [0.15, 0.2) is 29.3 Å². The van der Waals surface area contributed by atoms with Crippen molar-refractivity contribution in [3.05, 3.63) is 35.4 Å². The fraction of sp³-hybridized carbons (Fsp3) is 0.680. The van der Waals surface area contributed by atoms with Gasteiger partial charge in [0.2, 0.25) is 5.91 Å². The van der Waals surface area contributed by atoms with Crippen molar-refractivity contribution in [2.24, 2.45) is 22.6 Å². The molecule has 0 spiro atoms. The lowest BCUT2D eigenvalue weighted by Gasteiger charge is -2.34. The summed E-state index contributed by atoms with van der Waals surface area (Å²) in [7, 11) is 1.84. The van der Waals surface area contributed by atoms with E-state index >= 15 is 0 Å². The van der Waals surface area contributed by atoms with Crippen LogP contribution in [0.2, 0.25) is 0 Å². The average molecular weight is 443 g/mol. The van der Waals surface area contributed by atoms with E-state index in [4.69, 9.17) is 5.73 Å². The summed E-state index contributed by atoms with van der Waals surface area (Å²) in [6.45, 7) is 11.5. The molecule has 3 rings (SSSR count). The predicted molar refractivity (Wildman–Crippen MR) is 131 cm³/mol. The summed E-state index contributed by atoms with van der Waals surface area (Å²) in [6, 6.07) is 9.15. The summed E-state index contributed by atoms with van der Waals surface area (Å²) >= 11 is 0. The first kappa shape index (κ1) is 24.5. The molecule has 2 heterocycles. The number of carbonyl (C=O) groups excluding carboxylic acids is 1. The Balaban J connectivity index is 1.45. The van der Waals surface area contributed by atoms with Gasteiger partial charge >= 0.3 is 0 Å². The van der Waals surface area contributed by atoms with E-state index in [1.165, 1.54) is 17.7 Å². The van der Waals surface area contributed by atoms with Crippen molar-refractivity contribution in [3.63, 3.8) is 0 Å². The van der Waals surface area contributed by atoms with E-state index in [0.717, 1.165) is 76.8 Å². The largest absolute Gasteiger partial charge is 0.369 e. The molecule has 7 nitrogen and oxygen atoms in total. The molecule has 2 fully saturated rings. The molecule has 1 aromatic carbocycles. The highest BCUT2D eigenvalue weighted by molar-refractivity contribution is 5.80. The van der Waals surface area contributed by atoms with Crippen LogP contribution in [0.5, 0.6) is 0 Å². The van der Waals surface area contributed by atoms with Crippen LogP contribution >= 0.6 is 0 Å². The van der Waals surface area contributed by atoms with E-state index in [1.807, 2.05) is 7.05 Å². The molecule has 2 aliphatic heterocycles. The van der Waals surface area contributed by atoms with Gasteiger partial charge in [-0.3, -0.25) is 14.7 Å². The first-order valence-electron chi connectivity index (χ1n) is 12.2. The molecular formula is C25H42N6O. The summed E-state index contributed by atoms with van der Waals surface area (Å²) < 4.78 is 0. The third-order valence-electron chi connectivity index (χ3n) is 6.54. The number of piperidine rings is 2. The minimum Gasteiger partial charge on any atom is -0.369 e. The van der Waals surface area contributed by atoms with Crippen LogP contribution in [0.3, 0.4) is 0 Å². The summed E-state index contributed by atoms with van der Waals surface area (Å²) in [4.78, 5) is 20.9. The Morgan fingerprint density at radius 3 is 2.59 bits per heavy atom. The van der Waals surface area contributed by atoms with Gasteiger partial charge in [-0.15, -0.1) is 0 Å². The first-order chi connectivity index (χ1) is 15.4. The topological polar surface area (TPSA) is 86.0 Å². The monoisotopic (exact) mass is 442 g/mol. The molecule has 2 saturated heterocycles. The van der Waals surface area contributed by atoms with Gasteiger partial charge in [-0.05, 0) is 49.3 Å². The Bertz CT molecular complexity index is 757. The SMILES string of the molecule is CN=C(NCc1cccc(CN2CCCC(C(N)=O)C2)c1)NC1CCN(CC(C)C)CC1. The average Bonchev–Trinajstić information content (AvgIpc) is 2.78. The molecule has 1 unspecified atom stereocenters. The zero-order valence-electron chi connectivity index (χ0n) is 20.1. The number of amides is 1. The second-order valence-corrected chi connectivity index (χ2v) is 9.84.